The number of likely N-dealkylation sites (tertiary alicyclic amines) is 1. The number of ether oxygens (including phenoxy) is 1. The minimum atomic E-state index is -0.464. The Balaban J connectivity index is 1.93. The van der Waals surface area contributed by atoms with Gasteiger partial charge < -0.3 is 15.0 Å². The molecule has 0 saturated carbocycles. The van der Waals surface area contributed by atoms with Crippen LogP contribution in [0.1, 0.15) is 5.56 Å². The van der Waals surface area contributed by atoms with Crippen molar-refractivity contribution in [2.75, 3.05) is 25.5 Å². The van der Waals surface area contributed by atoms with Gasteiger partial charge in [0.25, 0.3) is 5.69 Å². The van der Waals surface area contributed by atoms with Gasteiger partial charge in [-0.2, -0.15) is 0 Å². The Bertz CT molecular complexity index is 513. The third-order valence-corrected chi connectivity index (χ3v) is 2.95. The number of pyridine rings is 1. The van der Waals surface area contributed by atoms with Crippen molar-refractivity contribution >= 4 is 17.6 Å². The molecule has 102 valence electrons. The average Bonchev–Trinajstić information content (AvgIpc) is 2.32. The lowest BCUT2D eigenvalue weighted by Gasteiger charge is -2.38. The van der Waals surface area contributed by atoms with E-state index in [0.717, 1.165) is 0 Å². The fraction of sp³-hybridized carbons (Fsp3) is 0.455. The van der Waals surface area contributed by atoms with Crippen LogP contribution in [0.3, 0.4) is 0 Å². The van der Waals surface area contributed by atoms with Crippen LogP contribution in [0, 0.1) is 17.0 Å². The SMILES string of the molecule is COC(=O)N1CC(Nc2cc(C)c([N+](=O)[O-])cn2)C1. The van der Waals surface area contributed by atoms with Crippen LogP contribution in [-0.2, 0) is 4.74 Å². The van der Waals surface area contributed by atoms with E-state index in [1.165, 1.54) is 13.3 Å². The second-order valence-electron chi connectivity index (χ2n) is 4.33. The molecule has 0 bridgehead atoms. The molecule has 0 spiro atoms. The lowest BCUT2D eigenvalue weighted by atomic mass is 10.1. The minimum Gasteiger partial charge on any atom is -0.453 e. The molecule has 0 unspecified atom stereocenters. The number of hydrogen-bond donors (Lipinski definition) is 1. The molecule has 1 fully saturated rings. The molecular weight excluding hydrogens is 252 g/mol. The molecule has 1 aromatic heterocycles. The Morgan fingerprint density at radius 1 is 1.63 bits per heavy atom. The quantitative estimate of drug-likeness (QED) is 0.651. The molecule has 1 aromatic rings. The number of carbonyl (C=O) groups excluding carboxylic acids is 1. The monoisotopic (exact) mass is 266 g/mol. The molecule has 1 aliphatic heterocycles. The van der Waals surface area contributed by atoms with E-state index >= 15 is 0 Å². The van der Waals surface area contributed by atoms with E-state index in [1.54, 1.807) is 17.9 Å². The van der Waals surface area contributed by atoms with Gasteiger partial charge in [0.1, 0.15) is 12.0 Å². The van der Waals surface area contributed by atoms with Crippen molar-refractivity contribution in [1.29, 1.82) is 0 Å². The van der Waals surface area contributed by atoms with Gasteiger partial charge in [0.15, 0.2) is 0 Å². The van der Waals surface area contributed by atoms with Gasteiger partial charge >= 0.3 is 6.09 Å². The highest BCUT2D eigenvalue weighted by Gasteiger charge is 2.31. The molecule has 1 amide bonds. The van der Waals surface area contributed by atoms with Gasteiger partial charge in [0.2, 0.25) is 0 Å². The smallest absolute Gasteiger partial charge is 0.409 e. The van der Waals surface area contributed by atoms with Crippen LogP contribution >= 0.6 is 0 Å². The van der Waals surface area contributed by atoms with Crippen molar-refractivity contribution < 1.29 is 14.5 Å². The maximum absolute atomic E-state index is 11.2. The summed E-state index contributed by atoms with van der Waals surface area (Å²) < 4.78 is 4.58. The summed E-state index contributed by atoms with van der Waals surface area (Å²) in [7, 11) is 1.34. The largest absolute Gasteiger partial charge is 0.453 e. The van der Waals surface area contributed by atoms with Crippen molar-refractivity contribution in [1.82, 2.24) is 9.88 Å². The average molecular weight is 266 g/mol. The highest BCUT2D eigenvalue weighted by molar-refractivity contribution is 5.69. The third kappa shape index (κ3) is 2.72. The number of amides is 1. The number of rotatable bonds is 3. The normalized spacial score (nSPS) is 14.7. The predicted octanol–water partition coefficient (Wildman–Crippen LogP) is 1.16. The van der Waals surface area contributed by atoms with Crippen LogP contribution in [0.4, 0.5) is 16.3 Å². The van der Waals surface area contributed by atoms with Crippen molar-refractivity contribution in [2.24, 2.45) is 0 Å². The van der Waals surface area contributed by atoms with E-state index in [1.807, 2.05) is 0 Å². The van der Waals surface area contributed by atoms with Gasteiger partial charge in [-0.05, 0) is 13.0 Å². The van der Waals surface area contributed by atoms with E-state index in [0.29, 0.717) is 24.5 Å². The van der Waals surface area contributed by atoms with Crippen LogP contribution in [0.15, 0.2) is 12.3 Å². The van der Waals surface area contributed by atoms with Crippen LogP contribution in [0.2, 0.25) is 0 Å². The van der Waals surface area contributed by atoms with E-state index in [2.05, 4.69) is 15.0 Å². The second kappa shape index (κ2) is 5.09. The van der Waals surface area contributed by atoms with Gasteiger partial charge in [0.05, 0.1) is 18.1 Å². The summed E-state index contributed by atoms with van der Waals surface area (Å²) in [5, 5.41) is 13.8. The molecule has 8 heteroatoms. The summed E-state index contributed by atoms with van der Waals surface area (Å²) in [6.07, 6.45) is 0.875. The van der Waals surface area contributed by atoms with Gasteiger partial charge in [-0.15, -0.1) is 0 Å². The summed E-state index contributed by atoms with van der Waals surface area (Å²) in [5.74, 6) is 0.567. The van der Waals surface area contributed by atoms with E-state index in [-0.39, 0.29) is 17.8 Å². The molecule has 19 heavy (non-hydrogen) atoms. The summed E-state index contributed by atoms with van der Waals surface area (Å²) in [6, 6.07) is 1.71. The van der Waals surface area contributed by atoms with Crippen LogP contribution in [-0.4, -0.2) is 47.1 Å². The second-order valence-corrected chi connectivity index (χ2v) is 4.33. The van der Waals surface area contributed by atoms with Crippen LogP contribution in [0.25, 0.3) is 0 Å². The number of nitrogens with zero attached hydrogens (tertiary/aromatic N) is 3. The Kier molecular flexibility index (Phi) is 3.50. The summed E-state index contributed by atoms with van der Waals surface area (Å²) >= 11 is 0. The van der Waals surface area contributed by atoms with Crippen molar-refractivity contribution in [2.45, 2.75) is 13.0 Å². The first-order valence-electron chi connectivity index (χ1n) is 5.71. The number of carbonyl (C=O) groups is 1. The van der Waals surface area contributed by atoms with E-state index < -0.39 is 4.92 Å². The molecule has 1 aliphatic rings. The maximum atomic E-state index is 11.2. The molecule has 8 nitrogen and oxygen atoms in total. The Hall–Kier alpha value is -2.38. The molecule has 1 saturated heterocycles. The number of nitrogens with one attached hydrogen (secondary N) is 1. The Morgan fingerprint density at radius 3 is 2.84 bits per heavy atom. The summed E-state index contributed by atoms with van der Waals surface area (Å²) in [4.78, 5) is 26.9. The lowest BCUT2D eigenvalue weighted by molar-refractivity contribution is -0.385. The van der Waals surface area contributed by atoms with Crippen LogP contribution < -0.4 is 5.32 Å². The van der Waals surface area contributed by atoms with Crippen molar-refractivity contribution in [3.05, 3.63) is 27.9 Å². The number of aromatic nitrogens is 1. The van der Waals surface area contributed by atoms with Crippen molar-refractivity contribution in [3.8, 4) is 0 Å². The molecule has 0 aromatic carbocycles. The topological polar surface area (TPSA) is 97.6 Å². The number of aryl methyl sites for hydroxylation is 1. The number of hydrogen-bond acceptors (Lipinski definition) is 6. The molecule has 0 aliphatic carbocycles. The zero-order valence-corrected chi connectivity index (χ0v) is 10.6. The molecule has 0 atom stereocenters. The standard InChI is InChI=1S/C11H14N4O4/c1-7-3-10(12-4-9(7)15(17)18)13-8-5-14(6-8)11(16)19-2/h3-4,8H,5-6H2,1-2H3,(H,12,13). The first kappa shape index (κ1) is 13.1. The number of methoxy groups -OCH3 is 1. The first-order valence-corrected chi connectivity index (χ1v) is 5.71. The highest BCUT2D eigenvalue weighted by atomic mass is 16.6. The van der Waals surface area contributed by atoms with Gasteiger partial charge in [0, 0.05) is 18.7 Å². The molecule has 2 rings (SSSR count). The third-order valence-electron chi connectivity index (χ3n) is 2.95. The zero-order chi connectivity index (χ0) is 14.0. The summed E-state index contributed by atoms with van der Waals surface area (Å²) in [6.45, 7) is 2.72. The number of anilines is 1. The lowest BCUT2D eigenvalue weighted by Crippen LogP contribution is -2.57. The highest BCUT2D eigenvalue weighted by Crippen LogP contribution is 2.21. The van der Waals surface area contributed by atoms with Crippen molar-refractivity contribution in [3.63, 3.8) is 0 Å². The molecular formula is C11H14N4O4. The summed E-state index contributed by atoms with van der Waals surface area (Å²) in [5.41, 5.74) is 0.544. The molecule has 2 heterocycles. The van der Waals surface area contributed by atoms with E-state index in [4.69, 9.17) is 0 Å². The fourth-order valence-electron chi connectivity index (χ4n) is 1.88. The Labute approximate surface area is 109 Å². The molecule has 0 radical (unpaired) electrons. The number of nitro groups is 1. The van der Waals surface area contributed by atoms with Gasteiger partial charge in [-0.25, -0.2) is 9.78 Å². The Morgan fingerprint density at radius 2 is 2.32 bits per heavy atom. The first-order chi connectivity index (χ1) is 9.01. The molecule has 1 N–H and O–H groups in total. The predicted molar refractivity (Wildman–Crippen MR) is 67.0 cm³/mol. The fourth-order valence-corrected chi connectivity index (χ4v) is 1.88. The maximum Gasteiger partial charge on any atom is 0.409 e. The van der Waals surface area contributed by atoms with Crippen LogP contribution in [0.5, 0.6) is 0 Å². The zero-order valence-electron chi connectivity index (χ0n) is 10.6. The minimum absolute atomic E-state index is 0.00431. The van der Waals surface area contributed by atoms with Gasteiger partial charge in [-0.1, -0.05) is 0 Å². The van der Waals surface area contributed by atoms with E-state index in [9.17, 15) is 14.9 Å². The van der Waals surface area contributed by atoms with Gasteiger partial charge in [-0.3, -0.25) is 10.1 Å².